The van der Waals surface area contributed by atoms with Gasteiger partial charge in [0.2, 0.25) is 0 Å². The van der Waals surface area contributed by atoms with Gasteiger partial charge in [0.05, 0.1) is 11.1 Å². The van der Waals surface area contributed by atoms with Crippen molar-refractivity contribution < 1.29 is 71.2 Å². The standard InChI is InChI=1S/C30H30O8.Na.H/c1-11(2)19-15-7-13(5)21(27(35)23(15)17(9-31)25(33)29(19)37)22-14(6)8-16-20(12(3)4)30(38)26(34)18(10-32)24(16)28(22)36;;/h7-12,33-38H,1-6H3;;/q;+1;-1. The summed E-state index contributed by atoms with van der Waals surface area (Å²) in [6.45, 7) is 10.5. The smallest absolute Gasteiger partial charge is 1.00 e. The molecule has 0 bridgehead atoms. The molecule has 0 aromatic heterocycles. The van der Waals surface area contributed by atoms with Crippen molar-refractivity contribution in [3.05, 3.63) is 45.5 Å². The first kappa shape index (κ1) is 30.1. The third kappa shape index (κ3) is 4.27. The zero-order valence-corrected chi connectivity index (χ0v) is 25.0. The van der Waals surface area contributed by atoms with Crippen molar-refractivity contribution in [2.45, 2.75) is 53.4 Å². The summed E-state index contributed by atoms with van der Waals surface area (Å²) < 4.78 is 0. The van der Waals surface area contributed by atoms with Crippen molar-refractivity contribution in [2.24, 2.45) is 0 Å². The van der Waals surface area contributed by atoms with E-state index in [4.69, 9.17) is 0 Å². The van der Waals surface area contributed by atoms with Crippen molar-refractivity contribution in [1.82, 2.24) is 0 Å². The van der Waals surface area contributed by atoms with Crippen LogP contribution in [0.3, 0.4) is 0 Å². The maximum Gasteiger partial charge on any atom is 1.00 e. The van der Waals surface area contributed by atoms with E-state index in [2.05, 4.69) is 0 Å². The van der Waals surface area contributed by atoms with Gasteiger partial charge < -0.3 is 32.1 Å². The summed E-state index contributed by atoms with van der Waals surface area (Å²) in [7, 11) is 0. The molecule has 4 aromatic carbocycles. The third-order valence-corrected chi connectivity index (χ3v) is 7.22. The van der Waals surface area contributed by atoms with Gasteiger partial charge in [-0.25, -0.2) is 0 Å². The van der Waals surface area contributed by atoms with E-state index >= 15 is 0 Å². The van der Waals surface area contributed by atoms with E-state index in [1.165, 1.54) is 0 Å². The molecule has 0 amide bonds. The van der Waals surface area contributed by atoms with Gasteiger partial charge in [-0.2, -0.15) is 0 Å². The number of phenolic OH excluding ortho intramolecular Hbond substituents is 6. The minimum atomic E-state index is -0.661. The Labute approximate surface area is 248 Å². The summed E-state index contributed by atoms with van der Waals surface area (Å²) in [5.74, 6) is -3.57. The number of aldehydes is 2. The molecule has 0 heterocycles. The Balaban J connectivity index is 0.00000280. The fourth-order valence-electron chi connectivity index (χ4n) is 5.60. The van der Waals surface area contributed by atoms with E-state index in [-0.39, 0.29) is 75.8 Å². The Morgan fingerprint density at radius 3 is 1.15 bits per heavy atom. The van der Waals surface area contributed by atoms with Gasteiger partial charge in [-0.15, -0.1) is 0 Å². The normalized spacial score (nSPS) is 11.4. The predicted molar refractivity (Wildman–Crippen MR) is 146 cm³/mol. The summed E-state index contributed by atoms with van der Waals surface area (Å²) in [5.41, 5.74) is 1.33. The van der Waals surface area contributed by atoms with E-state index in [1.807, 2.05) is 0 Å². The van der Waals surface area contributed by atoms with Gasteiger partial charge in [0.15, 0.2) is 35.6 Å². The predicted octanol–water partition coefficient (Wildman–Crippen LogP) is 3.50. The van der Waals surface area contributed by atoms with Crippen LogP contribution >= 0.6 is 0 Å². The van der Waals surface area contributed by atoms with E-state index < -0.39 is 34.5 Å². The second kappa shape index (κ2) is 10.6. The molecule has 4 aromatic rings. The summed E-state index contributed by atoms with van der Waals surface area (Å²) >= 11 is 0. The van der Waals surface area contributed by atoms with E-state index in [0.717, 1.165) is 0 Å². The number of hydrogen-bond donors (Lipinski definition) is 6. The molecule has 39 heavy (non-hydrogen) atoms. The average Bonchev–Trinajstić information content (AvgIpc) is 2.83. The van der Waals surface area contributed by atoms with Crippen molar-refractivity contribution in [3.63, 3.8) is 0 Å². The molecule has 0 saturated carbocycles. The largest absolute Gasteiger partial charge is 1.00 e. The number of rotatable bonds is 5. The van der Waals surface area contributed by atoms with Crippen LogP contribution in [0.15, 0.2) is 12.1 Å². The van der Waals surface area contributed by atoms with E-state index in [1.54, 1.807) is 53.7 Å². The van der Waals surface area contributed by atoms with Crippen LogP contribution in [0.5, 0.6) is 34.5 Å². The van der Waals surface area contributed by atoms with Crippen LogP contribution in [0, 0.1) is 13.8 Å². The maximum atomic E-state index is 12.0. The van der Waals surface area contributed by atoms with Crippen molar-refractivity contribution >= 4 is 34.1 Å². The van der Waals surface area contributed by atoms with Crippen molar-refractivity contribution in [1.29, 1.82) is 0 Å². The molecular formula is C30H31NaO8. The van der Waals surface area contributed by atoms with Gasteiger partial charge in [-0.3, -0.25) is 9.59 Å². The fourth-order valence-corrected chi connectivity index (χ4v) is 5.60. The van der Waals surface area contributed by atoms with E-state index in [9.17, 15) is 40.2 Å². The van der Waals surface area contributed by atoms with Gasteiger partial charge in [-0.1, -0.05) is 39.8 Å². The molecule has 0 saturated heterocycles. The molecule has 0 aliphatic carbocycles. The summed E-state index contributed by atoms with van der Waals surface area (Å²) in [5, 5.41) is 66.4. The van der Waals surface area contributed by atoms with Gasteiger partial charge in [0.25, 0.3) is 0 Å². The molecule has 0 atom stereocenters. The average molecular weight is 543 g/mol. The number of aryl methyl sites for hydroxylation is 2. The van der Waals surface area contributed by atoms with Crippen molar-refractivity contribution in [3.8, 4) is 45.6 Å². The van der Waals surface area contributed by atoms with E-state index in [0.29, 0.717) is 45.6 Å². The molecule has 200 valence electrons. The summed E-state index contributed by atoms with van der Waals surface area (Å²) in [4.78, 5) is 24.0. The number of fused-ring (bicyclic) bond motifs is 2. The topological polar surface area (TPSA) is 156 Å². The van der Waals surface area contributed by atoms with Gasteiger partial charge in [0, 0.05) is 33.0 Å². The van der Waals surface area contributed by atoms with Crippen LogP contribution in [0.1, 0.15) is 83.9 Å². The summed E-state index contributed by atoms with van der Waals surface area (Å²) in [6.07, 6.45) is 0.682. The zero-order valence-electron chi connectivity index (χ0n) is 24.0. The number of phenols is 6. The van der Waals surface area contributed by atoms with Crippen LogP contribution in [0.25, 0.3) is 32.7 Å². The summed E-state index contributed by atoms with van der Waals surface area (Å²) in [6, 6.07) is 3.31. The van der Waals surface area contributed by atoms with Gasteiger partial charge in [0.1, 0.15) is 11.5 Å². The number of carbonyl (C=O) groups excluding carboxylic acids is 2. The van der Waals surface area contributed by atoms with Crippen LogP contribution in [0.2, 0.25) is 0 Å². The number of carbonyl (C=O) groups is 2. The fraction of sp³-hybridized carbons (Fsp3) is 0.267. The molecule has 0 aliphatic rings. The molecule has 0 aliphatic heterocycles. The first-order valence-electron chi connectivity index (χ1n) is 12.2. The maximum absolute atomic E-state index is 12.0. The minimum absolute atomic E-state index is 0. The SMILES string of the molecule is Cc1cc2c(C(C)C)c(O)c(O)c(C=O)c2c(O)c1-c1c(C)cc2c(C(C)C)c(O)c(O)c(C=O)c2c1O.[H-].[Na+]. The Morgan fingerprint density at radius 2 is 0.897 bits per heavy atom. The number of aromatic hydroxyl groups is 6. The monoisotopic (exact) mass is 542 g/mol. The zero-order chi connectivity index (χ0) is 28.4. The second-order valence-electron chi connectivity index (χ2n) is 10.3. The molecule has 0 spiro atoms. The second-order valence-corrected chi connectivity index (χ2v) is 10.3. The first-order valence-corrected chi connectivity index (χ1v) is 12.2. The Kier molecular flexibility index (Phi) is 8.18. The quantitative estimate of drug-likeness (QED) is 0.127. The Morgan fingerprint density at radius 1 is 0.590 bits per heavy atom. The third-order valence-electron chi connectivity index (χ3n) is 7.22. The molecule has 8 nitrogen and oxygen atoms in total. The molecular weight excluding hydrogens is 511 g/mol. The van der Waals surface area contributed by atoms with Crippen LogP contribution < -0.4 is 29.6 Å². The minimum Gasteiger partial charge on any atom is -1.00 e. The molecule has 4 rings (SSSR count). The molecule has 9 heteroatoms. The first-order chi connectivity index (χ1) is 17.8. The molecule has 0 fully saturated rings. The van der Waals surface area contributed by atoms with Gasteiger partial charge >= 0.3 is 29.6 Å². The van der Waals surface area contributed by atoms with Gasteiger partial charge in [-0.05, 0) is 47.6 Å². The molecule has 0 unspecified atom stereocenters. The Bertz CT molecular complexity index is 1570. The number of hydrogen-bond acceptors (Lipinski definition) is 8. The molecule has 0 radical (unpaired) electrons. The Hall–Kier alpha value is -3.46. The van der Waals surface area contributed by atoms with Crippen LogP contribution in [-0.4, -0.2) is 43.2 Å². The van der Waals surface area contributed by atoms with Crippen LogP contribution in [-0.2, 0) is 0 Å². The van der Waals surface area contributed by atoms with Crippen molar-refractivity contribution in [2.75, 3.05) is 0 Å². The molecule has 6 N–H and O–H groups in total. The van der Waals surface area contributed by atoms with Crippen LogP contribution in [0.4, 0.5) is 0 Å². The number of benzene rings is 4.